The molecule has 0 aliphatic carbocycles. The van der Waals surface area contributed by atoms with Crippen LogP contribution in [0.2, 0.25) is 0 Å². The van der Waals surface area contributed by atoms with Crippen LogP contribution in [0.25, 0.3) is 88.6 Å². The van der Waals surface area contributed by atoms with Gasteiger partial charge in [0.25, 0.3) is 0 Å². The monoisotopic (exact) mass is 1010 g/mol. The summed E-state index contributed by atoms with van der Waals surface area (Å²) in [6, 6.07) is 35.4. The highest BCUT2D eigenvalue weighted by atomic mass is 32.2. The molecule has 8 bridgehead atoms. The number of rotatable bonds is 13. The predicted molar refractivity (Wildman–Crippen MR) is 301 cm³/mol. The van der Waals surface area contributed by atoms with Gasteiger partial charge in [0.15, 0.2) is 0 Å². The van der Waals surface area contributed by atoms with Crippen LogP contribution in [0.3, 0.4) is 0 Å². The van der Waals surface area contributed by atoms with E-state index in [1.807, 2.05) is 6.92 Å². The molecule has 5 heterocycles. The van der Waals surface area contributed by atoms with Gasteiger partial charge in [-0.3, -0.25) is 9.59 Å². The number of hydrogen-bond donors (Lipinski definition) is 3. The third kappa shape index (κ3) is 9.59. The largest absolute Gasteiger partial charge is 0.463 e. The molecule has 10 rings (SSSR count). The summed E-state index contributed by atoms with van der Waals surface area (Å²) in [5.41, 5.74) is 21.2. The lowest BCUT2D eigenvalue weighted by Gasteiger charge is -2.21. The number of nitrogens with zero attached hydrogens (tertiary/aromatic N) is 2. The second kappa shape index (κ2) is 20.0. The van der Waals surface area contributed by atoms with Gasteiger partial charge in [0.05, 0.1) is 34.6 Å². The van der Waals surface area contributed by atoms with E-state index in [9.17, 15) is 14.7 Å². The summed E-state index contributed by atoms with van der Waals surface area (Å²) in [5, 5.41) is 14.9. The minimum Gasteiger partial charge on any atom is -0.463 e. The van der Waals surface area contributed by atoms with Crippen molar-refractivity contribution in [3.8, 4) is 45.0 Å². The molecule has 0 spiro atoms. The molecular formula is C62H62N4O5S2. The fourth-order valence-electron chi connectivity index (χ4n) is 10.2. The maximum Gasteiger partial charge on any atom is 0.311 e. The van der Waals surface area contributed by atoms with Crippen LogP contribution < -0.4 is 0 Å². The number of hydrogen-bond acceptors (Lipinski definition) is 9. The quantitative estimate of drug-likeness (QED) is 0.0763. The summed E-state index contributed by atoms with van der Waals surface area (Å²) in [4.78, 5) is 45.8. The number of carbonyl (C=O) groups is 2. The minimum absolute atomic E-state index is 0.210. The first-order valence-electron chi connectivity index (χ1n) is 25.1. The highest BCUT2D eigenvalue weighted by molar-refractivity contribution is 7.99. The number of aliphatic hydroxyl groups is 1. The maximum atomic E-state index is 12.5. The Hall–Kier alpha value is -6.66. The van der Waals surface area contributed by atoms with E-state index in [4.69, 9.17) is 19.4 Å². The molecule has 1 unspecified atom stereocenters. The van der Waals surface area contributed by atoms with Crippen molar-refractivity contribution in [1.29, 1.82) is 0 Å². The molecule has 5 aromatic carbocycles. The molecule has 8 aromatic rings. The van der Waals surface area contributed by atoms with Gasteiger partial charge in [0.1, 0.15) is 19.3 Å². The zero-order valence-corrected chi connectivity index (χ0v) is 45.0. The van der Waals surface area contributed by atoms with Gasteiger partial charge in [-0.1, -0.05) is 73.3 Å². The van der Waals surface area contributed by atoms with Crippen molar-refractivity contribution in [2.45, 2.75) is 104 Å². The van der Waals surface area contributed by atoms with Crippen LogP contribution in [-0.2, 0) is 24.8 Å². The van der Waals surface area contributed by atoms with Crippen LogP contribution in [-0.4, -0.2) is 62.1 Å². The van der Waals surface area contributed by atoms with Gasteiger partial charge in [-0.15, -0.1) is 0 Å². The first kappa shape index (κ1) is 49.9. The van der Waals surface area contributed by atoms with Crippen LogP contribution in [0.4, 0.5) is 0 Å². The molecule has 0 fully saturated rings. The fourth-order valence-corrected chi connectivity index (χ4v) is 12.1. The standard InChI is InChI=1S/C62H62N4O5S2/c1-11-62(9,10)61(69)71-31-41(67)30-70-52(68)24-25-72-32-40-19-21-42(22-20-40)73-51-23-18-39(8)59-49-28-47-57-37(6)15-14-35(4)55(57)45(64-47)26-43-53-33(2)12-13-34(3)54(53)44(63-43)27-46-56-36(5)16-17-38(7)58(56)48(65-46)29-50(66-49)60(51)59/h12-23,26-29,41,63,66-67H,11,24-25,30-32H2,1-10H3. The molecule has 3 N–H and O–H groups in total. The van der Waals surface area contributed by atoms with Crippen molar-refractivity contribution in [3.63, 3.8) is 0 Å². The molecule has 0 saturated carbocycles. The molecule has 0 amide bonds. The van der Waals surface area contributed by atoms with Crippen molar-refractivity contribution in [2.75, 3.05) is 19.0 Å². The molecule has 9 nitrogen and oxygen atoms in total. The first-order valence-corrected chi connectivity index (χ1v) is 27.1. The highest BCUT2D eigenvalue weighted by Crippen LogP contribution is 2.46. The van der Waals surface area contributed by atoms with Gasteiger partial charge in [0.2, 0.25) is 0 Å². The number of aromatic nitrogens is 4. The van der Waals surface area contributed by atoms with E-state index in [-0.39, 0.29) is 25.6 Å². The topological polar surface area (TPSA) is 130 Å². The number of thioether (sulfide) groups is 1. The zero-order chi connectivity index (χ0) is 51.5. The number of fused-ring (bicyclic) bond motifs is 20. The lowest BCUT2D eigenvalue weighted by molar-refractivity contribution is -0.159. The number of benzene rings is 5. The Morgan fingerprint density at radius 3 is 1.45 bits per heavy atom. The second-order valence-corrected chi connectivity index (χ2v) is 22.7. The summed E-state index contributed by atoms with van der Waals surface area (Å²) in [6.07, 6.45) is -0.238. The Kier molecular flexibility index (Phi) is 13.7. The van der Waals surface area contributed by atoms with Gasteiger partial charge in [0, 0.05) is 87.2 Å². The third-order valence-corrected chi connectivity index (χ3v) is 16.7. The summed E-state index contributed by atoms with van der Waals surface area (Å²) in [7, 11) is 0. The van der Waals surface area contributed by atoms with E-state index in [1.165, 1.54) is 44.2 Å². The number of aliphatic hydroxyl groups excluding tert-OH is 1. The van der Waals surface area contributed by atoms with Gasteiger partial charge in [-0.2, -0.15) is 11.8 Å². The summed E-state index contributed by atoms with van der Waals surface area (Å²) in [5.74, 6) is 0.527. The van der Waals surface area contributed by atoms with Crippen molar-refractivity contribution in [1.82, 2.24) is 19.9 Å². The molecule has 0 saturated heterocycles. The smallest absolute Gasteiger partial charge is 0.311 e. The number of aromatic amines is 2. The van der Waals surface area contributed by atoms with Crippen molar-refractivity contribution < 1.29 is 24.2 Å². The van der Waals surface area contributed by atoms with Gasteiger partial charge in [-0.05, 0) is 156 Å². The molecule has 73 heavy (non-hydrogen) atoms. The average molecular weight is 1010 g/mol. The highest BCUT2D eigenvalue weighted by Gasteiger charge is 2.28. The predicted octanol–water partition coefficient (Wildman–Crippen LogP) is 15.1. The van der Waals surface area contributed by atoms with Crippen molar-refractivity contribution >= 4 is 79.1 Å². The van der Waals surface area contributed by atoms with Gasteiger partial charge in [-0.25, -0.2) is 9.97 Å². The SMILES string of the molecule is CCC(C)(C)C(=O)OCC(O)COC(=O)CCSCc1ccc(Sc2ccc(C)c3c4cc5nc(cc6[nH]c(cc7nc(cc([nH]4)c23)-c2c(C)ccc(C)c2-7)c2c(C)ccc(C)c62)-c2c(C)ccc(C)c2-5)cc1. The Morgan fingerprint density at radius 2 is 0.986 bits per heavy atom. The van der Waals surface area contributed by atoms with Gasteiger partial charge >= 0.3 is 11.9 Å². The van der Waals surface area contributed by atoms with Crippen molar-refractivity contribution in [3.05, 3.63) is 142 Å². The Bertz CT molecular complexity index is 3710. The first-order chi connectivity index (χ1) is 35.0. The van der Waals surface area contributed by atoms with Crippen LogP contribution in [0, 0.1) is 53.9 Å². The lowest BCUT2D eigenvalue weighted by Crippen LogP contribution is -2.31. The van der Waals surface area contributed by atoms with E-state index in [2.05, 4.69) is 155 Å². The third-order valence-electron chi connectivity index (χ3n) is 14.6. The number of esters is 2. The maximum absolute atomic E-state index is 12.5. The Morgan fingerprint density at radius 1 is 0.575 bits per heavy atom. The number of nitrogens with one attached hydrogen (secondary N) is 2. The number of carbonyl (C=O) groups excluding carboxylic acids is 2. The lowest BCUT2D eigenvalue weighted by atomic mass is 9.91. The molecule has 1 atom stereocenters. The van der Waals surface area contributed by atoms with E-state index in [0.717, 1.165) is 105 Å². The van der Waals surface area contributed by atoms with Gasteiger partial charge < -0.3 is 24.5 Å². The summed E-state index contributed by atoms with van der Waals surface area (Å²) in [6.45, 7) is 20.4. The average Bonchev–Trinajstić information content (AvgIpc) is 4.13. The van der Waals surface area contributed by atoms with Crippen LogP contribution in [0.15, 0.2) is 107 Å². The van der Waals surface area contributed by atoms with E-state index >= 15 is 0 Å². The van der Waals surface area contributed by atoms with E-state index < -0.39 is 17.5 Å². The van der Waals surface area contributed by atoms with E-state index in [0.29, 0.717) is 12.2 Å². The van der Waals surface area contributed by atoms with Crippen molar-refractivity contribution in [2.24, 2.45) is 5.41 Å². The number of ether oxygens (including phenoxy) is 2. The molecule has 2 aliphatic heterocycles. The normalized spacial score (nSPS) is 12.5. The van der Waals surface area contributed by atoms with Crippen LogP contribution in [0.1, 0.15) is 78.1 Å². The summed E-state index contributed by atoms with van der Waals surface area (Å²) < 4.78 is 10.5. The minimum atomic E-state index is -1.07. The van der Waals surface area contributed by atoms with Crippen LogP contribution in [0.5, 0.6) is 0 Å². The zero-order valence-electron chi connectivity index (χ0n) is 43.3. The summed E-state index contributed by atoms with van der Waals surface area (Å²) >= 11 is 3.40. The van der Waals surface area contributed by atoms with E-state index in [1.54, 1.807) is 37.4 Å². The Labute approximate surface area is 435 Å². The molecule has 11 heteroatoms. The molecule has 0 radical (unpaired) electrons. The number of H-pyrrole nitrogens is 2. The van der Waals surface area contributed by atoms with Crippen LogP contribution >= 0.6 is 23.5 Å². The molecule has 372 valence electrons. The second-order valence-electron chi connectivity index (χ2n) is 20.4. The fraction of sp³-hybridized carbons (Fsp3) is 0.290. The number of aryl methyl sites for hydroxylation is 7. The Balaban J connectivity index is 1.02. The molecule has 3 aromatic heterocycles. The molecular weight excluding hydrogens is 945 g/mol. The molecule has 2 aliphatic rings.